The van der Waals surface area contributed by atoms with Crippen LogP contribution in [0.3, 0.4) is 0 Å². The fourth-order valence-electron chi connectivity index (χ4n) is 1.89. The fourth-order valence-corrected chi connectivity index (χ4v) is 1.89. The Balaban J connectivity index is 0.000000313. The van der Waals surface area contributed by atoms with Crippen LogP contribution in [-0.2, 0) is 16.0 Å². The van der Waals surface area contributed by atoms with E-state index in [0.717, 1.165) is 5.56 Å². The van der Waals surface area contributed by atoms with Crippen LogP contribution in [0.15, 0.2) is 48.5 Å². The van der Waals surface area contributed by atoms with Gasteiger partial charge < -0.3 is 4.74 Å². The number of aryl methyl sites for hydroxylation is 1. The summed E-state index contributed by atoms with van der Waals surface area (Å²) < 4.78 is 30.5. The minimum absolute atomic E-state index is 0.178. The van der Waals surface area contributed by atoms with Gasteiger partial charge in [-0.3, -0.25) is 4.79 Å². The van der Waals surface area contributed by atoms with E-state index in [4.69, 9.17) is 4.74 Å². The molecular formula is C19H22F2O2. The summed E-state index contributed by atoms with van der Waals surface area (Å²) in [6.07, 6.45) is 0.475. The average Bonchev–Trinajstić information content (AvgIpc) is 2.51. The van der Waals surface area contributed by atoms with Gasteiger partial charge in [-0.15, -0.1) is 0 Å². The summed E-state index contributed by atoms with van der Waals surface area (Å²) in [6.45, 7) is 5.35. The number of carbonyl (C=O) groups excluding carboxylic acids is 1. The van der Waals surface area contributed by atoms with Gasteiger partial charge in [0.05, 0.1) is 0 Å². The second-order valence-corrected chi connectivity index (χ2v) is 5.25. The van der Waals surface area contributed by atoms with Crippen molar-refractivity contribution >= 4 is 5.97 Å². The highest BCUT2D eigenvalue weighted by Gasteiger charge is 2.11. The summed E-state index contributed by atoms with van der Waals surface area (Å²) >= 11 is 0. The number of esters is 1. The topological polar surface area (TPSA) is 26.3 Å². The van der Waals surface area contributed by atoms with E-state index in [1.165, 1.54) is 18.2 Å². The lowest BCUT2D eigenvalue weighted by Crippen LogP contribution is -2.17. The van der Waals surface area contributed by atoms with Crippen molar-refractivity contribution < 1.29 is 18.3 Å². The quantitative estimate of drug-likeness (QED) is 0.753. The number of benzene rings is 2. The molecule has 23 heavy (non-hydrogen) atoms. The van der Waals surface area contributed by atoms with Crippen LogP contribution in [0, 0.1) is 18.6 Å². The third kappa shape index (κ3) is 7.54. The summed E-state index contributed by atoms with van der Waals surface area (Å²) in [5.41, 5.74) is 1.47. The second-order valence-electron chi connectivity index (χ2n) is 5.25. The van der Waals surface area contributed by atoms with Gasteiger partial charge in [0.2, 0.25) is 0 Å². The maximum absolute atomic E-state index is 13.5. The molecule has 0 saturated carbocycles. The standard InChI is InChI=1S/C13H17FO2.C6H5F/c1-4-13(15)16-10(3)8-11-6-5-9(2)7-12(11)14;7-6-4-2-1-3-5-6/h5-7,10H,4,8H2,1-3H3;1-5H. The monoisotopic (exact) mass is 320 g/mol. The van der Waals surface area contributed by atoms with Crippen LogP contribution in [-0.4, -0.2) is 12.1 Å². The minimum atomic E-state index is -0.287. The molecule has 0 aliphatic carbocycles. The molecular weight excluding hydrogens is 298 g/mol. The molecule has 0 fully saturated rings. The van der Waals surface area contributed by atoms with Crippen LogP contribution in [0.4, 0.5) is 8.78 Å². The highest BCUT2D eigenvalue weighted by molar-refractivity contribution is 5.69. The maximum Gasteiger partial charge on any atom is 0.305 e. The van der Waals surface area contributed by atoms with E-state index in [1.54, 1.807) is 38.1 Å². The third-order valence-electron chi connectivity index (χ3n) is 3.07. The Morgan fingerprint density at radius 1 is 1.13 bits per heavy atom. The van der Waals surface area contributed by atoms with Gasteiger partial charge >= 0.3 is 5.97 Å². The zero-order valence-electron chi connectivity index (χ0n) is 13.7. The number of ether oxygens (including phenoxy) is 1. The number of rotatable bonds is 4. The number of hydrogen-bond donors (Lipinski definition) is 0. The lowest BCUT2D eigenvalue weighted by Gasteiger charge is -2.13. The smallest absolute Gasteiger partial charge is 0.305 e. The molecule has 0 heterocycles. The zero-order valence-corrected chi connectivity index (χ0v) is 13.7. The maximum atomic E-state index is 13.5. The first kappa shape index (κ1) is 18.8. The molecule has 2 nitrogen and oxygen atoms in total. The van der Waals surface area contributed by atoms with E-state index in [9.17, 15) is 13.6 Å². The predicted molar refractivity (Wildman–Crippen MR) is 87.1 cm³/mol. The zero-order chi connectivity index (χ0) is 17.2. The Morgan fingerprint density at radius 3 is 2.26 bits per heavy atom. The molecule has 0 radical (unpaired) electrons. The molecule has 0 amide bonds. The molecule has 2 aromatic rings. The Bertz CT molecular complexity index is 612. The van der Waals surface area contributed by atoms with Crippen LogP contribution in [0.1, 0.15) is 31.4 Å². The van der Waals surface area contributed by atoms with Crippen LogP contribution >= 0.6 is 0 Å². The van der Waals surface area contributed by atoms with Crippen molar-refractivity contribution in [2.75, 3.05) is 0 Å². The lowest BCUT2D eigenvalue weighted by molar-refractivity contribution is -0.147. The van der Waals surface area contributed by atoms with Crippen LogP contribution in [0.2, 0.25) is 0 Å². The number of halogens is 2. The van der Waals surface area contributed by atoms with Gasteiger partial charge in [0.1, 0.15) is 17.7 Å². The third-order valence-corrected chi connectivity index (χ3v) is 3.07. The predicted octanol–water partition coefficient (Wildman–Crippen LogP) is 4.84. The normalized spacial score (nSPS) is 11.2. The summed E-state index contributed by atoms with van der Waals surface area (Å²) in [5, 5.41) is 0. The molecule has 0 N–H and O–H groups in total. The van der Waals surface area contributed by atoms with E-state index in [2.05, 4.69) is 0 Å². The van der Waals surface area contributed by atoms with Gasteiger partial charge in [0, 0.05) is 12.8 Å². The molecule has 1 atom stereocenters. The van der Waals surface area contributed by atoms with Crippen LogP contribution in [0.25, 0.3) is 0 Å². The molecule has 2 rings (SSSR count). The fraction of sp³-hybridized carbons (Fsp3) is 0.316. The number of hydrogen-bond acceptors (Lipinski definition) is 2. The van der Waals surface area contributed by atoms with Gasteiger partial charge in [0.15, 0.2) is 0 Å². The van der Waals surface area contributed by atoms with Crippen molar-refractivity contribution in [2.45, 2.75) is 39.7 Å². The molecule has 124 valence electrons. The Morgan fingerprint density at radius 2 is 1.78 bits per heavy atom. The molecule has 4 heteroatoms. The first-order valence-corrected chi connectivity index (χ1v) is 7.57. The molecule has 0 bridgehead atoms. The van der Waals surface area contributed by atoms with Gasteiger partial charge in [-0.2, -0.15) is 0 Å². The van der Waals surface area contributed by atoms with Gasteiger partial charge in [0.25, 0.3) is 0 Å². The van der Waals surface area contributed by atoms with Crippen LogP contribution < -0.4 is 0 Å². The first-order valence-electron chi connectivity index (χ1n) is 7.57. The highest BCUT2D eigenvalue weighted by atomic mass is 19.1. The van der Waals surface area contributed by atoms with Crippen molar-refractivity contribution in [2.24, 2.45) is 0 Å². The number of carbonyl (C=O) groups is 1. The average molecular weight is 320 g/mol. The minimum Gasteiger partial charge on any atom is -0.462 e. The second kappa shape index (κ2) is 9.72. The first-order chi connectivity index (χ1) is 10.9. The summed E-state index contributed by atoms with van der Waals surface area (Å²) in [5.74, 6) is -0.665. The van der Waals surface area contributed by atoms with Crippen molar-refractivity contribution in [1.29, 1.82) is 0 Å². The van der Waals surface area contributed by atoms with E-state index in [0.29, 0.717) is 18.4 Å². The molecule has 1 unspecified atom stereocenters. The molecule has 0 spiro atoms. The van der Waals surface area contributed by atoms with E-state index < -0.39 is 0 Å². The van der Waals surface area contributed by atoms with Crippen molar-refractivity contribution in [3.05, 3.63) is 71.3 Å². The van der Waals surface area contributed by atoms with E-state index >= 15 is 0 Å². The van der Waals surface area contributed by atoms with E-state index in [-0.39, 0.29) is 23.7 Å². The van der Waals surface area contributed by atoms with Gasteiger partial charge in [-0.05, 0) is 43.2 Å². The molecule has 0 aliphatic rings. The summed E-state index contributed by atoms with van der Waals surface area (Å²) in [6, 6.07) is 13.0. The Hall–Kier alpha value is -2.23. The van der Waals surface area contributed by atoms with Crippen molar-refractivity contribution in [3.63, 3.8) is 0 Å². The van der Waals surface area contributed by atoms with Gasteiger partial charge in [-0.1, -0.05) is 37.3 Å². The van der Waals surface area contributed by atoms with Gasteiger partial charge in [-0.25, -0.2) is 8.78 Å². The lowest BCUT2D eigenvalue weighted by atomic mass is 10.1. The van der Waals surface area contributed by atoms with Crippen LogP contribution in [0.5, 0.6) is 0 Å². The summed E-state index contributed by atoms with van der Waals surface area (Å²) in [7, 11) is 0. The Kier molecular flexibility index (Phi) is 7.95. The Labute approximate surface area is 136 Å². The molecule has 0 saturated heterocycles. The van der Waals surface area contributed by atoms with Crippen molar-refractivity contribution in [3.8, 4) is 0 Å². The molecule has 0 aromatic heterocycles. The molecule has 2 aromatic carbocycles. The largest absolute Gasteiger partial charge is 0.462 e. The summed E-state index contributed by atoms with van der Waals surface area (Å²) in [4.78, 5) is 11.0. The van der Waals surface area contributed by atoms with Crippen molar-refractivity contribution in [1.82, 2.24) is 0 Å². The SMILES string of the molecule is CCC(=O)OC(C)Cc1ccc(C)cc1F.Fc1ccccc1. The highest BCUT2D eigenvalue weighted by Crippen LogP contribution is 2.13. The van der Waals surface area contributed by atoms with E-state index in [1.807, 2.05) is 13.0 Å². The molecule has 0 aliphatic heterocycles.